The predicted molar refractivity (Wildman–Crippen MR) is 79.7 cm³/mol. The Bertz CT molecular complexity index is 328. The van der Waals surface area contributed by atoms with Gasteiger partial charge in [-0.05, 0) is 33.6 Å². The molecule has 2 atom stereocenters. The molecule has 0 aromatic heterocycles. The third kappa shape index (κ3) is 4.80. The first-order valence-electron chi connectivity index (χ1n) is 7.81. The molecule has 116 valence electrons. The molecule has 1 rings (SSSR count). The SMILES string of the molecule is CCC[C@@H]1CC(=O)C[C@H](CCC)N1C(=O)OC(C)(C)C. The number of ether oxygens (including phenoxy) is 1. The number of hydrogen-bond acceptors (Lipinski definition) is 3. The van der Waals surface area contributed by atoms with Crippen LogP contribution in [0.3, 0.4) is 0 Å². The summed E-state index contributed by atoms with van der Waals surface area (Å²) < 4.78 is 5.54. The lowest BCUT2D eigenvalue weighted by molar-refractivity contribution is -0.125. The first kappa shape index (κ1) is 17.0. The number of carbonyl (C=O) groups excluding carboxylic acids is 2. The van der Waals surface area contributed by atoms with Crippen molar-refractivity contribution < 1.29 is 14.3 Å². The Morgan fingerprint density at radius 1 is 1.15 bits per heavy atom. The van der Waals surface area contributed by atoms with Gasteiger partial charge in [-0.3, -0.25) is 4.79 Å². The fourth-order valence-corrected chi connectivity index (χ4v) is 2.87. The maximum absolute atomic E-state index is 12.5. The largest absolute Gasteiger partial charge is 0.444 e. The lowest BCUT2D eigenvalue weighted by atomic mass is 9.90. The monoisotopic (exact) mass is 283 g/mol. The van der Waals surface area contributed by atoms with Gasteiger partial charge >= 0.3 is 6.09 Å². The second kappa shape index (κ2) is 7.09. The summed E-state index contributed by atoms with van der Waals surface area (Å²) in [5, 5.41) is 0. The lowest BCUT2D eigenvalue weighted by Crippen LogP contribution is -2.53. The maximum Gasteiger partial charge on any atom is 0.410 e. The summed E-state index contributed by atoms with van der Waals surface area (Å²) in [6.45, 7) is 9.80. The zero-order valence-corrected chi connectivity index (χ0v) is 13.6. The van der Waals surface area contributed by atoms with Gasteiger partial charge < -0.3 is 9.64 Å². The fraction of sp³-hybridized carbons (Fsp3) is 0.875. The third-order valence-electron chi connectivity index (χ3n) is 3.56. The van der Waals surface area contributed by atoms with Gasteiger partial charge in [-0.15, -0.1) is 0 Å². The smallest absolute Gasteiger partial charge is 0.410 e. The topological polar surface area (TPSA) is 46.6 Å². The van der Waals surface area contributed by atoms with E-state index in [2.05, 4.69) is 13.8 Å². The molecule has 0 aromatic carbocycles. The number of rotatable bonds is 4. The van der Waals surface area contributed by atoms with E-state index in [1.165, 1.54) is 0 Å². The molecule has 1 heterocycles. The van der Waals surface area contributed by atoms with Crippen LogP contribution in [0.25, 0.3) is 0 Å². The Morgan fingerprint density at radius 2 is 1.60 bits per heavy atom. The molecule has 0 spiro atoms. The highest BCUT2D eigenvalue weighted by Gasteiger charge is 2.38. The molecule has 4 nitrogen and oxygen atoms in total. The summed E-state index contributed by atoms with van der Waals surface area (Å²) >= 11 is 0. The molecule has 0 radical (unpaired) electrons. The molecular weight excluding hydrogens is 254 g/mol. The number of ketones is 1. The van der Waals surface area contributed by atoms with E-state index in [9.17, 15) is 9.59 Å². The highest BCUT2D eigenvalue weighted by atomic mass is 16.6. The Kier molecular flexibility index (Phi) is 6.03. The van der Waals surface area contributed by atoms with Crippen LogP contribution in [0.4, 0.5) is 4.79 Å². The molecule has 0 saturated carbocycles. The number of likely N-dealkylation sites (tertiary alicyclic amines) is 1. The number of amides is 1. The van der Waals surface area contributed by atoms with Crippen LogP contribution in [0.15, 0.2) is 0 Å². The minimum absolute atomic E-state index is 0.00708. The third-order valence-corrected chi connectivity index (χ3v) is 3.56. The molecule has 4 heteroatoms. The normalized spacial score (nSPS) is 23.9. The van der Waals surface area contributed by atoms with Crippen molar-refractivity contribution >= 4 is 11.9 Å². The van der Waals surface area contributed by atoms with Crippen LogP contribution in [0.2, 0.25) is 0 Å². The van der Waals surface area contributed by atoms with E-state index >= 15 is 0 Å². The van der Waals surface area contributed by atoms with Crippen molar-refractivity contribution in [2.24, 2.45) is 0 Å². The van der Waals surface area contributed by atoms with Gasteiger partial charge in [-0.25, -0.2) is 4.79 Å². The van der Waals surface area contributed by atoms with Gasteiger partial charge in [0.2, 0.25) is 0 Å². The molecule has 1 aliphatic heterocycles. The van der Waals surface area contributed by atoms with Gasteiger partial charge in [-0.1, -0.05) is 26.7 Å². The lowest BCUT2D eigenvalue weighted by Gasteiger charge is -2.42. The second-order valence-electron chi connectivity index (χ2n) is 6.72. The van der Waals surface area contributed by atoms with Crippen LogP contribution >= 0.6 is 0 Å². The van der Waals surface area contributed by atoms with Gasteiger partial charge in [0.15, 0.2) is 0 Å². The molecule has 1 aliphatic rings. The first-order valence-corrected chi connectivity index (χ1v) is 7.81. The van der Waals surface area contributed by atoms with Gasteiger partial charge in [0.05, 0.1) is 0 Å². The predicted octanol–water partition coefficient (Wildman–Crippen LogP) is 3.92. The summed E-state index contributed by atoms with van der Waals surface area (Å²) in [4.78, 5) is 26.2. The van der Waals surface area contributed by atoms with Crippen molar-refractivity contribution in [3.63, 3.8) is 0 Å². The Balaban J connectivity index is 2.91. The molecule has 0 aliphatic carbocycles. The molecule has 1 amide bonds. The van der Waals surface area contributed by atoms with E-state index in [-0.39, 0.29) is 24.0 Å². The van der Waals surface area contributed by atoms with E-state index in [1.54, 1.807) is 0 Å². The van der Waals surface area contributed by atoms with Crippen LogP contribution in [-0.2, 0) is 9.53 Å². The van der Waals surface area contributed by atoms with Crippen LogP contribution in [0, 0.1) is 0 Å². The molecule has 1 fully saturated rings. The van der Waals surface area contributed by atoms with Gasteiger partial charge in [0, 0.05) is 24.9 Å². The van der Waals surface area contributed by atoms with Crippen LogP contribution in [0.5, 0.6) is 0 Å². The molecule has 0 N–H and O–H groups in total. The average Bonchev–Trinajstić information content (AvgIpc) is 2.26. The number of carbonyl (C=O) groups is 2. The number of piperidine rings is 1. The Labute approximate surface area is 122 Å². The number of hydrogen-bond donors (Lipinski definition) is 0. The maximum atomic E-state index is 12.5. The van der Waals surface area contributed by atoms with Crippen LogP contribution < -0.4 is 0 Å². The quantitative estimate of drug-likeness (QED) is 0.785. The summed E-state index contributed by atoms with van der Waals surface area (Å²) in [7, 11) is 0. The van der Waals surface area contributed by atoms with E-state index < -0.39 is 5.60 Å². The fourth-order valence-electron chi connectivity index (χ4n) is 2.87. The van der Waals surface area contributed by atoms with E-state index in [4.69, 9.17) is 4.74 Å². The van der Waals surface area contributed by atoms with Gasteiger partial charge in [-0.2, -0.15) is 0 Å². The van der Waals surface area contributed by atoms with Crippen molar-refractivity contribution in [3.8, 4) is 0 Å². The Morgan fingerprint density at radius 3 is 1.95 bits per heavy atom. The summed E-state index contributed by atoms with van der Waals surface area (Å²) in [5.41, 5.74) is -0.494. The minimum atomic E-state index is -0.494. The standard InChI is InChI=1S/C16H29NO3/c1-6-8-12-10-14(18)11-13(9-7-2)17(12)15(19)20-16(3,4)5/h12-13H,6-11H2,1-5H3/t12-,13+. The van der Waals surface area contributed by atoms with Gasteiger partial charge in [0.1, 0.15) is 11.4 Å². The number of nitrogens with zero attached hydrogens (tertiary/aromatic N) is 1. The van der Waals surface area contributed by atoms with E-state index in [1.807, 2.05) is 25.7 Å². The van der Waals surface area contributed by atoms with Crippen molar-refractivity contribution in [1.82, 2.24) is 4.90 Å². The molecule has 20 heavy (non-hydrogen) atoms. The zero-order valence-electron chi connectivity index (χ0n) is 13.6. The van der Waals surface area contributed by atoms with E-state index in [0.29, 0.717) is 12.8 Å². The molecule has 0 bridgehead atoms. The second-order valence-corrected chi connectivity index (χ2v) is 6.72. The van der Waals surface area contributed by atoms with Crippen molar-refractivity contribution in [3.05, 3.63) is 0 Å². The highest BCUT2D eigenvalue weighted by molar-refractivity contribution is 5.83. The minimum Gasteiger partial charge on any atom is -0.444 e. The molecule has 1 saturated heterocycles. The Hall–Kier alpha value is -1.06. The summed E-state index contributed by atoms with van der Waals surface area (Å²) in [5.74, 6) is 0.279. The van der Waals surface area contributed by atoms with Crippen LogP contribution in [0.1, 0.15) is 73.1 Å². The first-order chi connectivity index (χ1) is 9.28. The molecular formula is C16H29NO3. The van der Waals surface area contributed by atoms with E-state index in [0.717, 1.165) is 25.7 Å². The number of Topliss-reactive ketones (excluding diaryl/α,β-unsaturated/α-hetero) is 1. The van der Waals surface area contributed by atoms with Crippen molar-refractivity contribution in [2.75, 3.05) is 0 Å². The van der Waals surface area contributed by atoms with Gasteiger partial charge in [0.25, 0.3) is 0 Å². The summed E-state index contributed by atoms with van der Waals surface area (Å²) in [6, 6.07) is 0.0142. The highest BCUT2D eigenvalue weighted by Crippen LogP contribution is 2.28. The summed E-state index contributed by atoms with van der Waals surface area (Å²) in [6.07, 6.45) is 4.37. The van der Waals surface area contributed by atoms with Crippen molar-refractivity contribution in [2.45, 2.75) is 90.8 Å². The molecule has 0 unspecified atom stereocenters. The van der Waals surface area contributed by atoms with Crippen molar-refractivity contribution in [1.29, 1.82) is 0 Å². The molecule has 0 aromatic rings. The average molecular weight is 283 g/mol. The van der Waals surface area contributed by atoms with Crippen LogP contribution in [-0.4, -0.2) is 34.5 Å². The zero-order chi connectivity index (χ0) is 15.3.